The second kappa shape index (κ2) is 36.8. The minimum absolute atomic E-state index is 0.0411. The zero-order chi connectivity index (χ0) is 81.0. The van der Waals surface area contributed by atoms with Gasteiger partial charge in [0.15, 0.2) is 18.9 Å². The van der Waals surface area contributed by atoms with Crippen LogP contribution in [-0.4, -0.2) is 230 Å². The van der Waals surface area contributed by atoms with Gasteiger partial charge in [0.25, 0.3) is 17.7 Å². The van der Waals surface area contributed by atoms with Crippen LogP contribution in [0, 0.1) is 39.9 Å². The summed E-state index contributed by atoms with van der Waals surface area (Å²) in [7, 11) is 7.77. The number of hydrogen-bond donors (Lipinski definition) is 3. The maximum Gasteiger partial charge on any atom is 0.328 e. The monoisotopic (exact) mass is 1570 g/mol. The first-order valence-corrected chi connectivity index (χ1v) is 38.2. The van der Waals surface area contributed by atoms with Crippen molar-refractivity contribution in [1.29, 1.82) is 15.8 Å². The summed E-state index contributed by atoms with van der Waals surface area (Å²) in [6.45, 7) is 4.96. The molecule has 35 heteroatoms. The SMILES string of the molecule is COC1CCN(Cc2cc3c(nc2C=O)N(C(=O)Nc2cc(O[C@@H]4CC[C@@H]4OC)c(C#N)cn2)CCC3)C1=O.COC1CCN(Cc2cc3c(nc2C=O)N(C(=O)Nc2cc(O[C@H]4CC[C@H]4OC)c(C#N)cn2)CCC3)C1=O.CO[C@H]1CCN(Cc2cc3c(nc2C=O)N(C(=O)Nc2cc(CC4COC4)c(C#N)cn2)CCC3)C1=O. The van der Waals surface area contributed by atoms with E-state index in [1.165, 1.54) is 66.8 Å². The molecule has 2 aliphatic carbocycles. The van der Waals surface area contributed by atoms with E-state index in [4.69, 9.17) is 37.9 Å². The van der Waals surface area contributed by atoms with Crippen LogP contribution >= 0.6 is 0 Å². The van der Waals surface area contributed by atoms with Crippen molar-refractivity contribution in [3.63, 3.8) is 0 Å². The van der Waals surface area contributed by atoms with Crippen LogP contribution in [-0.2, 0) is 88.1 Å². The Labute approximate surface area is 662 Å². The number of nitrogens with zero attached hydrogens (tertiary/aromatic N) is 15. The largest absolute Gasteiger partial charge is 0.486 e. The lowest BCUT2D eigenvalue weighted by Gasteiger charge is -2.35. The second-order valence-electron chi connectivity index (χ2n) is 29.1. The van der Waals surface area contributed by atoms with Gasteiger partial charge in [0.1, 0.15) is 123 Å². The molecule has 115 heavy (non-hydrogen) atoms. The quantitative estimate of drug-likeness (QED) is 0.0544. The summed E-state index contributed by atoms with van der Waals surface area (Å²) in [6, 6.07) is 15.3. The summed E-state index contributed by atoms with van der Waals surface area (Å²) in [5.41, 5.74) is 6.79. The lowest BCUT2D eigenvalue weighted by molar-refractivity contribution is -0.137. The number of nitriles is 3. The number of nitrogens with one attached hydrogen (secondary N) is 3. The molecule has 0 aromatic carbocycles. The van der Waals surface area contributed by atoms with Crippen molar-refractivity contribution in [1.82, 2.24) is 44.6 Å². The minimum atomic E-state index is -0.466. The van der Waals surface area contributed by atoms with Crippen LogP contribution in [0.4, 0.5) is 49.3 Å². The van der Waals surface area contributed by atoms with Crippen LogP contribution in [0.1, 0.15) is 151 Å². The predicted molar refractivity (Wildman–Crippen MR) is 409 cm³/mol. The molecule has 7 aliphatic heterocycles. The molecular weight excluding hydrogens is 1480 g/mol. The van der Waals surface area contributed by atoms with E-state index in [9.17, 15) is 58.9 Å². The standard InChI is InChI=1S/2C27H30N6O6.C26H28N6O5/c2*1-37-20-5-6-21(20)39-23-11-24(29-13-18(23)12-28)31-27(36)33-8-3-4-16-10-17(19(15-34)30-25(16)33)14-32-9-7-22(38-2)26(32)35;1-36-22-4-6-31(25(22)34)12-19-8-17-3-2-5-32(24(17)29-21(19)13-33)26(35)30-23-9-18(7-16-14-37-15-16)20(10-27)11-28-23/h2*10-11,13,15,20-22H,3-9,14H2,1-2H3,(H,29,31,36);8-9,11,13,16,22H,2-7,12,14-15H2,1H3,(H,28,30,35)/t2*20-,21+,22?;22-/m100/s1. The molecule has 15 rings (SSSR count). The molecule has 6 aromatic rings. The minimum Gasteiger partial charge on any atom is -0.486 e. The van der Waals surface area contributed by atoms with Crippen LogP contribution in [0.5, 0.6) is 11.5 Å². The van der Waals surface area contributed by atoms with Gasteiger partial charge in [0, 0.05) is 155 Å². The van der Waals surface area contributed by atoms with Crippen LogP contribution in [0.3, 0.4) is 0 Å². The van der Waals surface area contributed by atoms with Crippen LogP contribution in [0.2, 0.25) is 0 Å². The number of aldehydes is 3. The molecular formula is C80H88N18O17. The summed E-state index contributed by atoms with van der Waals surface area (Å²) in [6.07, 6.45) is 14.4. The van der Waals surface area contributed by atoms with Crippen molar-refractivity contribution >= 4 is 89.6 Å². The molecule has 0 spiro atoms. The molecule has 6 fully saturated rings. The number of likely N-dealkylation sites (tertiary alicyclic amines) is 3. The highest BCUT2D eigenvalue weighted by molar-refractivity contribution is 6.04. The summed E-state index contributed by atoms with van der Waals surface area (Å²) in [5.74, 6) is 2.70. The van der Waals surface area contributed by atoms with Gasteiger partial charge in [-0.1, -0.05) is 0 Å². The van der Waals surface area contributed by atoms with E-state index < -0.39 is 36.4 Å². The molecule has 4 saturated heterocycles. The van der Waals surface area contributed by atoms with E-state index in [0.717, 1.165) is 54.4 Å². The van der Waals surface area contributed by atoms with Crippen LogP contribution < -0.4 is 40.1 Å². The summed E-state index contributed by atoms with van der Waals surface area (Å²) >= 11 is 0. The Morgan fingerprint density at radius 2 is 0.791 bits per heavy atom. The predicted octanol–water partition coefficient (Wildman–Crippen LogP) is 6.98. The Morgan fingerprint density at radius 3 is 1.08 bits per heavy atom. The Bertz CT molecular complexity index is 4670. The maximum absolute atomic E-state index is 13.3. The van der Waals surface area contributed by atoms with Gasteiger partial charge >= 0.3 is 18.1 Å². The van der Waals surface area contributed by atoms with Crippen molar-refractivity contribution in [2.75, 3.05) is 119 Å². The molecule has 2 unspecified atom stereocenters. The van der Waals surface area contributed by atoms with Crippen molar-refractivity contribution in [2.24, 2.45) is 5.92 Å². The van der Waals surface area contributed by atoms with E-state index >= 15 is 0 Å². The fourth-order valence-electron chi connectivity index (χ4n) is 15.3. The van der Waals surface area contributed by atoms with Gasteiger partial charge in [0.2, 0.25) is 0 Å². The number of pyridine rings is 6. The molecule has 9 amide bonds. The first-order valence-electron chi connectivity index (χ1n) is 38.2. The van der Waals surface area contributed by atoms with Crippen LogP contribution in [0.15, 0.2) is 55.0 Å². The van der Waals surface area contributed by atoms with E-state index in [0.29, 0.717) is 192 Å². The third kappa shape index (κ3) is 18.0. The summed E-state index contributed by atoms with van der Waals surface area (Å²) in [4.78, 5) is 149. The number of urea groups is 3. The molecule has 0 radical (unpaired) electrons. The van der Waals surface area contributed by atoms with Gasteiger partial charge in [-0.15, -0.1) is 0 Å². The first-order chi connectivity index (χ1) is 55.9. The number of aromatic nitrogens is 6. The zero-order valence-electron chi connectivity index (χ0n) is 64.4. The van der Waals surface area contributed by atoms with Crippen LogP contribution in [0.25, 0.3) is 0 Å². The summed E-state index contributed by atoms with van der Waals surface area (Å²) in [5, 5.41) is 36.7. The van der Waals surface area contributed by atoms with E-state index in [1.54, 1.807) is 35.0 Å². The van der Waals surface area contributed by atoms with Gasteiger partial charge in [-0.2, -0.15) is 15.8 Å². The van der Waals surface area contributed by atoms with Gasteiger partial charge < -0.3 is 52.6 Å². The van der Waals surface area contributed by atoms with Gasteiger partial charge in [-0.05, 0) is 117 Å². The fourth-order valence-corrected chi connectivity index (χ4v) is 15.3. The van der Waals surface area contributed by atoms with E-state index in [-0.39, 0.29) is 102 Å². The Hall–Kier alpha value is -12.0. The third-order valence-corrected chi connectivity index (χ3v) is 22.0. The number of rotatable bonds is 23. The number of carbonyl (C=O) groups is 9. The third-order valence-electron chi connectivity index (χ3n) is 22.0. The van der Waals surface area contributed by atoms with Crippen molar-refractivity contribution in [3.05, 3.63) is 128 Å². The van der Waals surface area contributed by atoms with Crippen molar-refractivity contribution < 1.29 is 81.0 Å². The zero-order valence-corrected chi connectivity index (χ0v) is 64.4. The number of fused-ring (bicyclic) bond motifs is 3. The van der Waals surface area contributed by atoms with Gasteiger partial charge in [-0.3, -0.25) is 59.4 Å². The Kier molecular flexibility index (Phi) is 25.9. The van der Waals surface area contributed by atoms with E-state index in [2.05, 4.69) is 64.1 Å². The molecule has 9 aliphatic rings. The van der Waals surface area contributed by atoms with Gasteiger partial charge in [0.05, 0.1) is 43.4 Å². The van der Waals surface area contributed by atoms with E-state index in [1.807, 2.05) is 18.2 Å². The lowest BCUT2D eigenvalue weighted by atomic mass is 9.92. The normalized spacial score (nSPS) is 21.2. The number of aryl methyl sites for hydroxylation is 3. The highest BCUT2D eigenvalue weighted by Gasteiger charge is 2.40. The second-order valence-corrected chi connectivity index (χ2v) is 29.1. The average Bonchev–Trinajstić information content (AvgIpc) is 1.70. The average molecular weight is 1570 g/mol. The number of methoxy groups -OCH3 is 5. The number of hydrogen-bond acceptors (Lipinski definition) is 26. The van der Waals surface area contributed by atoms with Gasteiger partial charge in [-0.25, -0.2) is 44.3 Å². The number of anilines is 6. The number of ether oxygens (including phenoxy) is 8. The first kappa shape index (κ1) is 81.0. The lowest BCUT2D eigenvalue weighted by Crippen LogP contribution is -2.42. The Balaban J connectivity index is 0.000000150. The molecule has 6 aromatic heterocycles. The Morgan fingerprint density at radius 1 is 0.452 bits per heavy atom. The van der Waals surface area contributed by atoms with Crippen molar-refractivity contribution in [2.45, 2.75) is 152 Å². The number of amides is 9. The molecule has 3 N–H and O–H groups in total. The maximum atomic E-state index is 13.3. The molecule has 2 saturated carbocycles. The molecule has 600 valence electrons. The fraction of sp³-hybridized carbons (Fsp3) is 0.475. The van der Waals surface area contributed by atoms with Crippen molar-refractivity contribution in [3.8, 4) is 29.7 Å². The smallest absolute Gasteiger partial charge is 0.328 e. The highest BCUT2D eigenvalue weighted by atomic mass is 16.5. The molecule has 0 bridgehead atoms. The molecule has 13 heterocycles. The molecule has 35 nitrogen and oxygen atoms in total. The number of carbonyl (C=O) groups excluding carboxylic acids is 9. The molecule has 7 atom stereocenters. The summed E-state index contributed by atoms with van der Waals surface area (Å²) < 4.78 is 43.6. The topological polar surface area (TPSA) is 432 Å². The highest BCUT2D eigenvalue weighted by Crippen LogP contribution is 2.37.